The van der Waals surface area contributed by atoms with Gasteiger partial charge in [-0.25, -0.2) is 0 Å². The predicted molar refractivity (Wildman–Crippen MR) is 75.6 cm³/mol. The van der Waals surface area contributed by atoms with E-state index in [1.165, 1.54) is 12.0 Å². The first kappa shape index (κ1) is 13.6. The molecule has 0 spiro atoms. The Kier molecular flexibility index (Phi) is 4.40. The molecule has 3 nitrogen and oxygen atoms in total. The van der Waals surface area contributed by atoms with Crippen LogP contribution in [-0.2, 0) is 11.2 Å². The van der Waals surface area contributed by atoms with Crippen molar-refractivity contribution in [3.8, 4) is 0 Å². The molecule has 18 heavy (non-hydrogen) atoms. The van der Waals surface area contributed by atoms with Crippen LogP contribution in [0.3, 0.4) is 0 Å². The van der Waals surface area contributed by atoms with Crippen LogP contribution in [0.5, 0.6) is 0 Å². The molecule has 1 aliphatic carbocycles. The topological polar surface area (TPSA) is 55.1 Å². The summed E-state index contributed by atoms with van der Waals surface area (Å²) in [6.45, 7) is 2.70. The molecule has 0 bridgehead atoms. The Balaban J connectivity index is 1.76. The first-order valence-corrected chi connectivity index (χ1v) is 7.58. The zero-order valence-corrected chi connectivity index (χ0v) is 11.8. The molecule has 1 aromatic rings. The molecule has 1 amide bonds. The monoisotopic (exact) mass is 266 g/mol. The summed E-state index contributed by atoms with van der Waals surface area (Å²) in [5, 5.41) is 7.29. The van der Waals surface area contributed by atoms with Crippen molar-refractivity contribution in [2.75, 3.05) is 6.54 Å². The lowest BCUT2D eigenvalue weighted by atomic mass is 9.66. The average molecular weight is 266 g/mol. The van der Waals surface area contributed by atoms with Crippen LogP contribution in [0.25, 0.3) is 0 Å². The number of carbonyl (C=O) groups is 1. The van der Waals surface area contributed by atoms with Crippen molar-refractivity contribution >= 4 is 17.2 Å². The molecule has 0 radical (unpaired) electrons. The molecule has 1 unspecified atom stereocenters. The lowest BCUT2D eigenvalue weighted by Crippen LogP contribution is -2.44. The molecule has 1 heterocycles. The van der Waals surface area contributed by atoms with E-state index < -0.39 is 0 Å². The molecule has 1 saturated carbocycles. The minimum atomic E-state index is 0.103. The van der Waals surface area contributed by atoms with Crippen LogP contribution in [0.4, 0.5) is 0 Å². The van der Waals surface area contributed by atoms with Gasteiger partial charge >= 0.3 is 0 Å². The van der Waals surface area contributed by atoms with E-state index in [2.05, 4.69) is 29.1 Å². The van der Waals surface area contributed by atoms with Gasteiger partial charge in [0.1, 0.15) is 0 Å². The minimum Gasteiger partial charge on any atom is -0.353 e. The molecule has 2 rings (SSSR count). The van der Waals surface area contributed by atoms with E-state index in [0.29, 0.717) is 13.0 Å². The van der Waals surface area contributed by atoms with Crippen LogP contribution in [0.2, 0.25) is 0 Å². The van der Waals surface area contributed by atoms with E-state index >= 15 is 0 Å². The quantitative estimate of drug-likeness (QED) is 0.830. The number of amides is 1. The van der Waals surface area contributed by atoms with E-state index in [1.807, 2.05) is 0 Å². The normalized spacial score (nSPS) is 19.0. The number of carbonyl (C=O) groups excluding carboxylic acids is 1. The van der Waals surface area contributed by atoms with E-state index in [1.54, 1.807) is 11.3 Å². The van der Waals surface area contributed by atoms with Crippen LogP contribution < -0.4 is 11.1 Å². The van der Waals surface area contributed by atoms with Gasteiger partial charge in [-0.05, 0) is 60.5 Å². The Morgan fingerprint density at radius 3 is 2.89 bits per heavy atom. The summed E-state index contributed by atoms with van der Waals surface area (Å²) in [4.78, 5) is 12.0. The molecular weight excluding hydrogens is 244 g/mol. The number of nitrogens with one attached hydrogen (secondary N) is 1. The molecule has 1 aliphatic rings. The number of rotatable bonds is 6. The van der Waals surface area contributed by atoms with Crippen LogP contribution in [0.1, 0.15) is 38.2 Å². The Labute approximate surface area is 113 Å². The van der Waals surface area contributed by atoms with E-state index in [-0.39, 0.29) is 17.4 Å². The van der Waals surface area contributed by atoms with Crippen molar-refractivity contribution in [3.63, 3.8) is 0 Å². The molecule has 1 fully saturated rings. The summed E-state index contributed by atoms with van der Waals surface area (Å²) in [6, 6.07) is 2.31. The zero-order chi connectivity index (χ0) is 13.0. The fourth-order valence-corrected chi connectivity index (χ4v) is 3.29. The fourth-order valence-electron chi connectivity index (χ4n) is 2.61. The smallest absolute Gasteiger partial charge is 0.220 e. The number of thiophene rings is 1. The van der Waals surface area contributed by atoms with Crippen molar-refractivity contribution in [2.24, 2.45) is 11.1 Å². The van der Waals surface area contributed by atoms with Crippen molar-refractivity contribution in [2.45, 2.75) is 45.1 Å². The lowest BCUT2D eigenvalue weighted by Gasteiger charge is -2.40. The molecule has 3 N–H and O–H groups in total. The zero-order valence-electron chi connectivity index (χ0n) is 10.9. The minimum absolute atomic E-state index is 0.103. The highest BCUT2D eigenvalue weighted by Crippen LogP contribution is 2.42. The maximum absolute atomic E-state index is 12.0. The van der Waals surface area contributed by atoms with Gasteiger partial charge in [0.15, 0.2) is 0 Å². The van der Waals surface area contributed by atoms with Crippen LogP contribution in [0, 0.1) is 5.41 Å². The Morgan fingerprint density at radius 1 is 1.61 bits per heavy atom. The van der Waals surface area contributed by atoms with Gasteiger partial charge in [-0.2, -0.15) is 11.3 Å². The maximum atomic E-state index is 12.0. The van der Waals surface area contributed by atoms with Gasteiger partial charge < -0.3 is 11.1 Å². The average Bonchev–Trinajstić information content (AvgIpc) is 2.75. The molecule has 100 valence electrons. The molecular formula is C14H22N2OS. The third kappa shape index (κ3) is 3.33. The highest BCUT2D eigenvalue weighted by atomic mass is 32.1. The van der Waals surface area contributed by atoms with E-state index in [0.717, 1.165) is 19.3 Å². The van der Waals surface area contributed by atoms with Gasteiger partial charge in [0.25, 0.3) is 0 Å². The lowest BCUT2D eigenvalue weighted by molar-refractivity contribution is -0.125. The standard InChI is InChI=1S/C14H22N2OS/c1-11(7-12-3-6-18-9-12)16-13(17)8-14(10-15)4-2-5-14/h3,6,9,11H,2,4-5,7-8,10,15H2,1H3,(H,16,17). The second-order valence-corrected chi connectivity index (χ2v) is 6.32. The number of hydrogen-bond acceptors (Lipinski definition) is 3. The highest BCUT2D eigenvalue weighted by Gasteiger charge is 2.37. The summed E-state index contributed by atoms with van der Waals surface area (Å²) < 4.78 is 0. The summed E-state index contributed by atoms with van der Waals surface area (Å²) in [7, 11) is 0. The molecule has 4 heteroatoms. The highest BCUT2D eigenvalue weighted by molar-refractivity contribution is 7.07. The van der Waals surface area contributed by atoms with Gasteiger partial charge in [-0.3, -0.25) is 4.79 Å². The van der Waals surface area contributed by atoms with Gasteiger partial charge in [0.05, 0.1) is 0 Å². The van der Waals surface area contributed by atoms with E-state index in [9.17, 15) is 4.79 Å². The third-order valence-corrected chi connectivity index (χ3v) is 4.64. The second kappa shape index (κ2) is 5.85. The SMILES string of the molecule is CC(Cc1ccsc1)NC(=O)CC1(CN)CCC1. The largest absolute Gasteiger partial charge is 0.353 e. The van der Waals surface area contributed by atoms with Crippen molar-refractivity contribution in [1.82, 2.24) is 5.32 Å². The number of nitrogens with two attached hydrogens (primary N) is 1. The molecule has 1 atom stereocenters. The van der Waals surface area contributed by atoms with Crippen LogP contribution >= 0.6 is 11.3 Å². The van der Waals surface area contributed by atoms with Gasteiger partial charge in [0, 0.05) is 12.5 Å². The third-order valence-electron chi connectivity index (χ3n) is 3.91. The van der Waals surface area contributed by atoms with Crippen molar-refractivity contribution in [3.05, 3.63) is 22.4 Å². The van der Waals surface area contributed by atoms with Crippen molar-refractivity contribution < 1.29 is 4.79 Å². The first-order valence-electron chi connectivity index (χ1n) is 6.64. The van der Waals surface area contributed by atoms with Crippen LogP contribution in [-0.4, -0.2) is 18.5 Å². The van der Waals surface area contributed by atoms with Crippen LogP contribution in [0.15, 0.2) is 16.8 Å². The molecule has 0 aliphatic heterocycles. The Morgan fingerprint density at radius 2 is 2.39 bits per heavy atom. The van der Waals surface area contributed by atoms with Gasteiger partial charge in [0.2, 0.25) is 5.91 Å². The second-order valence-electron chi connectivity index (χ2n) is 5.54. The summed E-state index contributed by atoms with van der Waals surface area (Å²) in [6.07, 6.45) is 4.93. The van der Waals surface area contributed by atoms with Crippen molar-refractivity contribution in [1.29, 1.82) is 0 Å². The Bertz CT molecular complexity index is 379. The first-order chi connectivity index (χ1) is 8.63. The molecule has 0 saturated heterocycles. The fraction of sp³-hybridized carbons (Fsp3) is 0.643. The summed E-state index contributed by atoms with van der Waals surface area (Å²) in [5.41, 5.74) is 7.18. The summed E-state index contributed by atoms with van der Waals surface area (Å²) in [5.74, 6) is 0.155. The Hall–Kier alpha value is -0.870. The van der Waals surface area contributed by atoms with E-state index in [4.69, 9.17) is 5.73 Å². The number of hydrogen-bond donors (Lipinski definition) is 2. The van der Waals surface area contributed by atoms with Gasteiger partial charge in [-0.15, -0.1) is 0 Å². The predicted octanol–water partition coefficient (Wildman–Crippen LogP) is 2.31. The molecule has 0 aromatic carbocycles. The van der Waals surface area contributed by atoms with Gasteiger partial charge in [-0.1, -0.05) is 6.42 Å². The molecule has 1 aromatic heterocycles. The summed E-state index contributed by atoms with van der Waals surface area (Å²) >= 11 is 1.70. The maximum Gasteiger partial charge on any atom is 0.220 e.